The lowest BCUT2D eigenvalue weighted by molar-refractivity contribution is 0.178. The van der Waals surface area contributed by atoms with Gasteiger partial charge in [0.05, 0.1) is 0 Å². The van der Waals surface area contributed by atoms with Crippen molar-refractivity contribution >= 4 is 29.9 Å². The van der Waals surface area contributed by atoms with E-state index in [4.69, 9.17) is 0 Å². The van der Waals surface area contributed by atoms with Crippen LogP contribution in [0.3, 0.4) is 0 Å². The quantitative estimate of drug-likeness (QED) is 0.387. The largest absolute Gasteiger partial charge is 0.355 e. The Hall–Kier alpha value is -0.0400. The zero-order chi connectivity index (χ0) is 14.8. The van der Waals surface area contributed by atoms with Crippen molar-refractivity contribution in [3.63, 3.8) is 0 Å². The minimum atomic E-state index is 0. The topological polar surface area (TPSA) is 30.9 Å². The molecule has 0 fully saturated rings. The molecule has 0 radical (unpaired) electrons. The van der Waals surface area contributed by atoms with Crippen LogP contribution in [0.1, 0.15) is 47.5 Å². The Morgan fingerprint density at radius 1 is 1.10 bits per heavy atom. The van der Waals surface area contributed by atoms with E-state index in [0.717, 1.165) is 25.6 Å². The molecule has 1 N–H and O–H groups in total. The fraction of sp³-hybridized carbons (Fsp3) is 0.933. The van der Waals surface area contributed by atoms with Gasteiger partial charge in [-0.05, 0) is 34.1 Å². The highest BCUT2D eigenvalue weighted by atomic mass is 127. The van der Waals surface area contributed by atoms with Gasteiger partial charge < -0.3 is 10.2 Å². The van der Waals surface area contributed by atoms with Crippen LogP contribution in [-0.2, 0) is 0 Å². The van der Waals surface area contributed by atoms with Crippen molar-refractivity contribution < 1.29 is 0 Å². The molecular weight excluding hydrogens is 363 g/mol. The number of halogens is 1. The van der Waals surface area contributed by atoms with Gasteiger partial charge in [0.2, 0.25) is 0 Å². The molecule has 0 rings (SSSR count). The lowest BCUT2D eigenvalue weighted by Gasteiger charge is -2.31. The van der Waals surface area contributed by atoms with Gasteiger partial charge in [0.15, 0.2) is 5.96 Å². The monoisotopic (exact) mass is 398 g/mol. The fourth-order valence-electron chi connectivity index (χ4n) is 2.30. The maximum atomic E-state index is 4.34. The minimum absolute atomic E-state index is 0. The van der Waals surface area contributed by atoms with Crippen molar-refractivity contribution in [3.05, 3.63) is 0 Å². The highest BCUT2D eigenvalue weighted by molar-refractivity contribution is 14.0. The first-order chi connectivity index (χ1) is 8.93. The van der Waals surface area contributed by atoms with E-state index < -0.39 is 0 Å². The molecule has 0 aromatic carbocycles. The highest BCUT2D eigenvalue weighted by Crippen LogP contribution is 2.03. The van der Waals surface area contributed by atoms with Crippen LogP contribution in [0.5, 0.6) is 0 Å². The molecule has 122 valence electrons. The number of nitrogens with one attached hydrogen (secondary N) is 1. The van der Waals surface area contributed by atoms with Crippen LogP contribution in [0, 0.1) is 0 Å². The van der Waals surface area contributed by atoms with Crippen molar-refractivity contribution in [1.82, 2.24) is 15.1 Å². The number of unbranched alkanes of at least 4 members (excludes halogenated alkanes) is 1. The Balaban J connectivity index is 0. The molecule has 0 bridgehead atoms. The molecule has 0 saturated carbocycles. The summed E-state index contributed by atoms with van der Waals surface area (Å²) < 4.78 is 0. The number of hydrogen-bond donors (Lipinski definition) is 1. The molecule has 0 heterocycles. The van der Waals surface area contributed by atoms with Gasteiger partial charge in [-0.25, -0.2) is 0 Å². The standard InChI is InChI=1S/C15H34N4.HI/c1-8-9-11-18(7)15(16-6)17-10-12-19(13(2)3)14(4)5;/h13-14H,8-12H2,1-7H3,(H,16,17);1H. The first-order valence-corrected chi connectivity index (χ1v) is 7.61. The van der Waals surface area contributed by atoms with Crippen LogP contribution < -0.4 is 5.32 Å². The smallest absolute Gasteiger partial charge is 0.193 e. The molecule has 4 nitrogen and oxygen atoms in total. The molecule has 0 aliphatic carbocycles. The fourth-order valence-corrected chi connectivity index (χ4v) is 2.30. The zero-order valence-electron chi connectivity index (χ0n) is 14.4. The van der Waals surface area contributed by atoms with E-state index in [9.17, 15) is 0 Å². The van der Waals surface area contributed by atoms with Gasteiger partial charge in [-0.1, -0.05) is 13.3 Å². The molecular formula is C15H35IN4. The third-order valence-corrected chi connectivity index (χ3v) is 3.40. The summed E-state index contributed by atoms with van der Waals surface area (Å²) in [5, 5.41) is 3.45. The normalized spacial score (nSPS) is 12.0. The molecule has 0 atom stereocenters. The summed E-state index contributed by atoms with van der Waals surface area (Å²) in [5.41, 5.74) is 0. The molecule has 0 spiro atoms. The first kappa shape index (κ1) is 22.2. The van der Waals surface area contributed by atoms with E-state index in [-0.39, 0.29) is 24.0 Å². The number of nitrogens with zero attached hydrogens (tertiary/aromatic N) is 3. The van der Waals surface area contributed by atoms with Crippen LogP contribution in [0.4, 0.5) is 0 Å². The summed E-state index contributed by atoms with van der Waals surface area (Å²) in [7, 11) is 3.96. The summed E-state index contributed by atoms with van der Waals surface area (Å²) in [6.07, 6.45) is 2.43. The summed E-state index contributed by atoms with van der Waals surface area (Å²) in [5.74, 6) is 1.00. The Morgan fingerprint density at radius 2 is 1.65 bits per heavy atom. The van der Waals surface area contributed by atoms with Crippen molar-refractivity contribution in [1.29, 1.82) is 0 Å². The number of guanidine groups is 1. The van der Waals surface area contributed by atoms with Crippen LogP contribution in [0.2, 0.25) is 0 Å². The van der Waals surface area contributed by atoms with Crippen molar-refractivity contribution in [3.8, 4) is 0 Å². The molecule has 0 aliphatic heterocycles. The van der Waals surface area contributed by atoms with Gasteiger partial charge >= 0.3 is 0 Å². The Morgan fingerprint density at radius 3 is 2.05 bits per heavy atom. The van der Waals surface area contributed by atoms with Gasteiger partial charge in [-0.2, -0.15) is 0 Å². The summed E-state index contributed by atoms with van der Waals surface area (Å²) >= 11 is 0. The predicted octanol–water partition coefficient (Wildman–Crippen LogP) is 3.03. The van der Waals surface area contributed by atoms with Gasteiger partial charge in [-0.3, -0.25) is 9.89 Å². The van der Waals surface area contributed by atoms with E-state index in [1.807, 2.05) is 7.05 Å². The summed E-state index contributed by atoms with van der Waals surface area (Å²) in [6, 6.07) is 1.17. The SMILES string of the molecule is CCCCN(C)C(=NC)NCCN(C(C)C)C(C)C.I. The van der Waals surface area contributed by atoms with E-state index in [2.05, 4.69) is 61.8 Å². The molecule has 0 saturated heterocycles. The second-order valence-corrected chi connectivity index (χ2v) is 5.67. The number of rotatable bonds is 8. The molecule has 0 aliphatic rings. The second kappa shape index (κ2) is 12.7. The van der Waals surface area contributed by atoms with Gasteiger partial charge in [-0.15, -0.1) is 24.0 Å². The Bertz CT molecular complexity index is 246. The Labute approximate surface area is 143 Å². The summed E-state index contributed by atoms with van der Waals surface area (Å²) in [6.45, 7) is 14.3. The van der Waals surface area contributed by atoms with Gasteiger partial charge in [0, 0.05) is 45.8 Å². The number of aliphatic imine (C=N–C) groups is 1. The average Bonchev–Trinajstić information content (AvgIpc) is 2.35. The molecule has 20 heavy (non-hydrogen) atoms. The minimum Gasteiger partial charge on any atom is -0.355 e. The third-order valence-electron chi connectivity index (χ3n) is 3.40. The summed E-state index contributed by atoms with van der Waals surface area (Å²) in [4.78, 5) is 9.04. The van der Waals surface area contributed by atoms with E-state index in [1.54, 1.807) is 0 Å². The predicted molar refractivity (Wildman–Crippen MR) is 101 cm³/mol. The molecule has 0 amide bonds. The lowest BCUT2D eigenvalue weighted by atomic mass is 10.2. The number of hydrogen-bond acceptors (Lipinski definition) is 2. The van der Waals surface area contributed by atoms with Gasteiger partial charge in [0.1, 0.15) is 0 Å². The lowest BCUT2D eigenvalue weighted by Crippen LogP contribution is -2.45. The van der Waals surface area contributed by atoms with Crippen LogP contribution >= 0.6 is 24.0 Å². The van der Waals surface area contributed by atoms with Gasteiger partial charge in [0.25, 0.3) is 0 Å². The maximum Gasteiger partial charge on any atom is 0.193 e. The third kappa shape index (κ3) is 9.00. The van der Waals surface area contributed by atoms with E-state index in [0.29, 0.717) is 12.1 Å². The molecule has 5 heteroatoms. The van der Waals surface area contributed by atoms with Crippen molar-refractivity contribution in [2.75, 3.05) is 33.7 Å². The van der Waals surface area contributed by atoms with Crippen molar-refractivity contribution in [2.24, 2.45) is 4.99 Å². The highest BCUT2D eigenvalue weighted by Gasteiger charge is 2.13. The van der Waals surface area contributed by atoms with Crippen LogP contribution in [0.15, 0.2) is 4.99 Å². The molecule has 0 aromatic heterocycles. The molecule has 0 unspecified atom stereocenters. The van der Waals surface area contributed by atoms with Crippen LogP contribution in [0.25, 0.3) is 0 Å². The van der Waals surface area contributed by atoms with E-state index in [1.165, 1.54) is 12.8 Å². The van der Waals surface area contributed by atoms with Crippen molar-refractivity contribution in [2.45, 2.75) is 59.5 Å². The molecule has 0 aromatic rings. The zero-order valence-corrected chi connectivity index (χ0v) is 16.8. The van der Waals surface area contributed by atoms with E-state index >= 15 is 0 Å². The maximum absolute atomic E-state index is 4.34. The first-order valence-electron chi connectivity index (χ1n) is 7.61. The van der Waals surface area contributed by atoms with Crippen LogP contribution in [-0.4, -0.2) is 61.6 Å². The average molecular weight is 398 g/mol. The second-order valence-electron chi connectivity index (χ2n) is 5.67. The Kier molecular flexibility index (Phi) is 14.1.